The highest BCUT2D eigenvalue weighted by Gasteiger charge is 2.16. The Kier molecular flexibility index (Phi) is 5.51. The molecule has 0 aliphatic rings. The zero-order valence-corrected chi connectivity index (χ0v) is 13.9. The van der Waals surface area contributed by atoms with Gasteiger partial charge in [-0.3, -0.25) is 0 Å². The van der Waals surface area contributed by atoms with Crippen molar-refractivity contribution in [3.8, 4) is 5.75 Å². The summed E-state index contributed by atoms with van der Waals surface area (Å²) in [6.07, 6.45) is 0. The number of nitrogens with zero attached hydrogens (tertiary/aromatic N) is 1. The summed E-state index contributed by atoms with van der Waals surface area (Å²) in [5.74, 6) is 0.853. The number of benzene rings is 2. The summed E-state index contributed by atoms with van der Waals surface area (Å²) in [5.41, 5.74) is 1.27. The van der Waals surface area contributed by atoms with Gasteiger partial charge in [0.2, 0.25) is 0 Å². The van der Waals surface area contributed by atoms with E-state index >= 15 is 0 Å². The van der Waals surface area contributed by atoms with E-state index in [0.717, 1.165) is 33.4 Å². The normalized spacial score (nSPS) is 11.4. The first-order valence-electron chi connectivity index (χ1n) is 6.89. The quantitative estimate of drug-likeness (QED) is 0.703. The molecule has 2 aromatic carbocycles. The summed E-state index contributed by atoms with van der Waals surface area (Å²) in [6.45, 7) is 2.54. The van der Waals surface area contributed by atoms with Gasteiger partial charge in [-0.05, 0) is 36.4 Å². The van der Waals surface area contributed by atoms with Crippen LogP contribution in [0.15, 0.2) is 48.5 Å². The molecule has 0 N–H and O–H groups in total. The summed E-state index contributed by atoms with van der Waals surface area (Å²) in [5, 5.41) is 1.50. The molecule has 0 atom stereocenters. The third-order valence-corrected chi connectivity index (χ3v) is 3.81. The van der Waals surface area contributed by atoms with Crippen LogP contribution in [-0.4, -0.2) is 31.7 Å². The van der Waals surface area contributed by atoms with E-state index in [9.17, 15) is 0 Å². The van der Waals surface area contributed by atoms with E-state index in [1.165, 1.54) is 5.56 Å². The second kappa shape index (κ2) is 7.17. The van der Waals surface area contributed by atoms with Crippen LogP contribution >= 0.6 is 23.2 Å². The topological polar surface area (TPSA) is 9.23 Å². The van der Waals surface area contributed by atoms with Crippen molar-refractivity contribution in [2.45, 2.75) is 6.54 Å². The molecule has 0 bridgehead atoms. The van der Waals surface area contributed by atoms with Gasteiger partial charge in [-0.25, -0.2) is 0 Å². The van der Waals surface area contributed by atoms with Gasteiger partial charge in [-0.15, -0.1) is 0 Å². The molecule has 0 heterocycles. The minimum absolute atomic E-state index is 0.669. The summed E-state index contributed by atoms with van der Waals surface area (Å²) in [4.78, 5) is 0. The predicted octanol–water partition coefficient (Wildman–Crippen LogP) is 4.65. The zero-order chi connectivity index (χ0) is 15.3. The molecule has 0 unspecified atom stereocenters. The highest BCUT2D eigenvalue weighted by molar-refractivity contribution is 6.30. The Labute approximate surface area is 136 Å². The number of ether oxygens (including phenoxy) is 1. The van der Waals surface area contributed by atoms with Crippen molar-refractivity contribution in [1.29, 1.82) is 0 Å². The lowest BCUT2D eigenvalue weighted by Crippen LogP contribution is -2.41. The number of likely N-dealkylation sites (N-methyl/N-ethyl adjacent to an activating group) is 1. The molecule has 0 aliphatic carbocycles. The summed E-state index contributed by atoms with van der Waals surface area (Å²) in [6, 6.07) is 15.5. The molecule has 0 radical (unpaired) electrons. The zero-order valence-electron chi connectivity index (χ0n) is 12.4. The molecule has 0 aliphatic heterocycles. The molecular formula is C17H20Cl2NO+. The number of hydrogen-bond acceptors (Lipinski definition) is 1. The molecule has 0 saturated heterocycles. The summed E-state index contributed by atoms with van der Waals surface area (Å²) < 4.78 is 6.61. The molecule has 0 amide bonds. The number of quaternary nitrogens is 1. The molecule has 112 valence electrons. The Morgan fingerprint density at radius 1 is 0.857 bits per heavy atom. The van der Waals surface area contributed by atoms with Crippen molar-refractivity contribution in [3.05, 3.63) is 64.1 Å². The van der Waals surface area contributed by atoms with Crippen molar-refractivity contribution in [2.75, 3.05) is 27.2 Å². The lowest BCUT2D eigenvalue weighted by Gasteiger charge is -2.29. The van der Waals surface area contributed by atoms with Gasteiger partial charge >= 0.3 is 0 Å². The molecule has 21 heavy (non-hydrogen) atoms. The fourth-order valence-corrected chi connectivity index (χ4v) is 2.36. The Balaban J connectivity index is 1.83. The van der Waals surface area contributed by atoms with Crippen LogP contribution < -0.4 is 4.74 Å². The Morgan fingerprint density at radius 3 is 1.95 bits per heavy atom. The van der Waals surface area contributed by atoms with E-state index < -0.39 is 0 Å². The molecule has 0 fully saturated rings. The average molecular weight is 325 g/mol. The Morgan fingerprint density at radius 2 is 1.38 bits per heavy atom. The third-order valence-electron chi connectivity index (χ3n) is 3.30. The van der Waals surface area contributed by atoms with Gasteiger partial charge < -0.3 is 9.22 Å². The van der Waals surface area contributed by atoms with E-state index in [1.807, 2.05) is 36.4 Å². The van der Waals surface area contributed by atoms with Crippen LogP contribution in [0.3, 0.4) is 0 Å². The minimum atomic E-state index is 0.669. The van der Waals surface area contributed by atoms with Gasteiger partial charge in [0.15, 0.2) is 0 Å². The lowest BCUT2D eigenvalue weighted by atomic mass is 10.2. The Hall–Kier alpha value is -1.22. The maximum Gasteiger partial charge on any atom is 0.137 e. The molecule has 0 saturated carbocycles. The van der Waals surface area contributed by atoms with Crippen molar-refractivity contribution in [2.24, 2.45) is 0 Å². The molecule has 2 rings (SSSR count). The van der Waals surface area contributed by atoms with Crippen LogP contribution in [0.4, 0.5) is 0 Å². The van der Waals surface area contributed by atoms with Crippen LogP contribution in [0.1, 0.15) is 5.56 Å². The van der Waals surface area contributed by atoms with E-state index in [0.29, 0.717) is 6.61 Å². The van der Waals surface area contributed by atoms with Crippen LogP contribution in [0.25, 0.3) is 0 Å². The first-order valence-corrected chi connectivity index (χ1v) is 7.65. The second-order valence-corrected chi connectivity index (χ2v) is 6.62. The maximum atomic E-state index is 5.91. The first kappa shape index (κ1) is 16.2. The smallest absolute Gasteiger partial charge is 0.137 e. The van der Waals surface area contributed by atoms with Gasteiger partial charge in [-0.1, -0.05) is 35.3 Å². The molecular weight excluding hydrogens is 305 g/mol. The molecule has 2 aromatic rings. The fraction of sp³-hybridized carbons (Fsp3) is 0.294. The molecule has 4 heteroatoms. The van der Waals surface area contributed by atoms with Crippen LogP contribution in [0.2, 0.25) is 10.0 Å². The van der Waals surface area contributed by atoms with Gasteiger partial charge in [0.25, 0.3) is 0 Å². The Bertz CT molecular complexity index is 564. The molecule has 0 spiro atoms. The van der Waals surface area contributed by atoms with Crippen molar-refractivity contribution < 1.29 is 9.22 Å². The maximum absolute atomic E-state index is 5.91. The number of rotatable bonds is 6. The average Bonchev–Trinajstić information content (AvgIpc) is 2.43. The highest BCUT2D eigenvalue weighted by Crippen LogP contribution is 2.16. The highest BCUT2D eigenvalue weighted by atomic mass is 35.5. The molecule has 2 nitrogen and oxygen atoms in total. The van der Waals surface area contributed by atoms with Crippen LogP contribution in [-0.2, 0) is 6.54 Å². The standard InChI is InChI=1S/C17H20Cl2NO/c1-20(2,13-14-3-5-15(18)6-4-14)11-12-21-17-9-7-16(19)8-10-17/h3-10H,11-13H2,1-2H3/q+1. The minimum Gasteiger partial charge on any atom is -0.488 e. The van der Waals surface area contributed by atoms with E-state index in [4.69, 9.17) is 27.9 Å². The largest absolute Gasteiger partial charge is 0.488 e. The van der Waals surface area contributed by atoms with Crippen molar-refractivity contribution >= 4 is 23.2 Å². The van der Waals surface area contributed by atoms with E-state index in [1.54, 1.807) is 0 Å². The predicted molar refractivity (Wildman–Crippen MR) is 89.1 cm³/mol. The first-order chi connectivity index (χ1) is 9.94. The SMILES string of the molecule is C[N+](C)(CCOc1ccc(Cl)cc1)Cc1ccc(Cl)cc1. The summed E-state index contributed by atoms with van der Waals surface area (Å²) in [7, 11) is 4.39. The van der Waals surface area contributed by atoms with Gasteiger partial charge in [-0.2, -0.15) is 0 Å². The van der Waals surface area contributed by atoms with Crippen molar-refractivity contribution in [3.63, 3.8) is 0 Å². The van der Waals surface area contributed by atoms with Crippen LogP contribution in [0.5, 0.6) is 5.75 Å². The number of hydrogen-bond donors (Lipinski definition) is 0. The fourth-order valence-electron chi connectivity index (χ4n) is 2.10. The van der Waals surface area contributed by atoms with Crippen LogP contribution in [0, 0.1) is 0 Å². The summed E-state index contributed by atoms with van der Waals surface area (Å²) >= 11 is 11.8. The van der Waals surface area contributed by atoms with E-state index in [-0.39, 0.29) is 0 Å². The monoisotopic (exact) mass is 324 g/mol. The second-order valence-electron chi connectivity index (χ2n) is 5.75. The van der Waals surface area contributed by atoms with Crippen molar-refractivity contribution in [1.82, 2.24) is 0 Å². The van der Waals surface area contributed by atoms with Gasteiger partial charge in [0.05, 0.1) is 14.1 Å². The number of halogens is 2. The van der Waals surface area contributed by atoms with Gasteiger partial charge in [0.1, 0.15) is 25.4 Å². The molecule has 0 aromatic heterocycles. The third kappa shape index (κ3) is 5.58. The van der Waals surface area contributed by atoms with Gasteiger partial charge in [0, 0.05) is 15.6 Å². The lowest BCUT2D eigenvalue weighted by molar-refractivity contribution is -0.903. The van der Waals surface area contributed by atoms with E-state index in [2.05, 4.69) is 26.2 Å².